The van der Waals surface area contributed by atoms with Crippen molar-refractivity contribution in [2.45, 2.75) is 76.5 Å². The van der Waals surface area contributed by atoms with Crippen LogP contribution in [0, 0.1) is 35.2 Å². The summed E-state index contributed by atoms with van der Waals surface area (Å²) in [7, 11) is 0. The van der Waals surface area contributed by atoms with Gasteiger partial charge in [0.15, 0.2) is 17.5 Å². The number of hydrogen-bond acceptors (Lipinski definition) is 0. The maximum Gasteiger partial charge on any atom is 0.194 e. The summed E-state index contributed by atoms with van der Waals surface area (Å²) in [6, 6.07) is 2.34. The highest BCUT2D eigenvalue weighted by Crippen LogP contribution is 2.40. The summed E-state index contributed by atoms with van der Waals surface area (Å²) >= 11 is 0. The van der Waals surface area contributed by atoms with Crippen LogP contribution in [0.3, 0.4) is 0 Å². The van der Waals surface area contributed by atoms with E-state index in [1.54, 1.807) is 0 Å². The van der Waals surface area contributed by atoms with Crippen LogP contribution in [-0.2, 0) is 0 Å². The summed E-state index contributed by atoms with van der Waals surface area (Å²) in [4.78, 5) is 0. The molecular formula is C24H32F4. The second-order valence-corrected chi connectivity index (χ2v) is 8.78. The molecule has 0 heterocycles. The molecule has 2 aliphatic carbocycles. The minimum Gasteiger partial charge on any atom is -0.251 e. The third-order valence-electron chi connectivity index (χ3n) is 6.88. The van der Waals surface area contributed by atoms with Crippen LogP contribution in [0.4, 0.5) is 17.6 Å². The predicted molar refractivity (Wildman–Crippen MR) is 105 cm³/mol. The fourth-order valence-electron chi connectivity index (χ4n) is 5.09. The van der Waals surface area contributed by atoms with Gasteiger partial charge in [0.2, 0.25) is 0 Å². The third-order valence-corrected chi connectivity index (χ3v) is 6.88. The first-order valence-electron chi connectivity index (χ1n) is 10.9. The van der Waals surface area contributed by atoms with Gasteiger partial charge in [0.1, 0.15) is 0 Å². The molecule has 0 unspecified atom stereocenters. The van der Waals surface area contributed by atoms with E-state index in [0.29, 0.717) is 23.8 Å². The molecule has 0 spiro atoms. The van der Waals surface area contributed by atoms with Crippen molar-refractivity contribution in [1.82, 2.24) is 0 Å². The van der Waals surface area contributed by atoms with Crippen LogP contribution in [-0.4, -0.2) is 6.67 Å². The smallest absolute Gasteiger partial charge is 0.194 e. The monoisotopic (exact) mass is 396 g/mol. The molecule has 0 nitrogen and oxygen atoms in total. The summed E-state index contributed by atoms with van der Waals surface area (Å²) in [5, 5.41) is 0. The largest absolute Gasteiger partial charge is 0.251 e. The Balaban J connectivity index is 1.37. The lowest BCUT2D eigenvalue weighted by atomic mass is 9.74. The van der Waals surface area contributed by atoms with Crippen molar-refractivity contribution >= 4 is 0 Å². The molecule has 1 aromatic rings. The molecule has 0 bridgehead atoms. The highest BCUT2D eigenvalue weighted by molar-refractivity contribution is 5.23. The minimum absolute atomic E-state index is 0.146. The molecular weight excluding hydrogens is 364 g/mol. The molecule has 28 heavy (non-hydrogen) atoms. The molecule has 0 aromatic heterocycles. The minimum atomic E-state index is -1.37. The molecule has 0 aliphatic heterocycles. The van der Waals surface area contributed by atoms with E-state index in [-0.39, 0.29) is 12.6 Å². The number of hydrogen-bond donors (Lipinski definition) is 0. The van der Waals surface area contributed by atoms with Gasteiger partial charge < -0.3 is 0 Å². The van der Waals surface area contributed by atoms with Gasteiger partial charge in [-0.05, 0) is 99.2 Å². The van der Waals surface area contributed by atoms with Gasteiger partial charge >= 0.3 is 0 Å². The molecule has 4 heteroatoms. The van der Waals surface area contributed by atoms with Gasteiger partial charge in [0, 0.05) is 0 Å². The molecule has 2 aliphatic rings. The Kier molecular flexibility index (Phi) is 7.99. The van der Waals surface area contributed by atoms with Crippen molar-refractivity contribution in [3.05, 3.63) is 47.3 Å². The molecule has 0 N–H and O–H groups in total. The Morgan fingerprint density at radius 1 is 0.786 bits per heavy atom. The summed E-state index contributed by atoms with van der Waals surface area (Å²) in [6.45, 7) is -0.265. The zero-order chi connectivity index (χ0) is 19.9. The standard InChI is InChI=1S/C24H32F4/c25-14-2-1-3-17-4-6-18(7-5-17)8-9-19-10-12-20(13-11-19)21-15-22(26)24(28)23(27)16-21/h1,3,15-20H,2,4-14H2/b3-1+/t17-,18-,19-,20-. The Morgan fingerprint density at radius 3 is 1.86 bits per heavy atom. The highest BCUT2D eigenvalue weighted by atomic mass is 19.2. The molecule has 0 saturated heterocycles. The average molecular weight is 397 g/mol. The van der Waals surface area contributed by atoms with Gasteiger partial charge in [0.05, 0.1) is 6.67 Å². The van der Waals surface area contributed by atoms with Gasteiger partial charge in [-0.1, -0.05) is 25.0 Å². The summed E-state index contributed by atoms with van der Waals surface area (Å²) in [6.07, 6.45) is 16.3. The molecule has 3 rings (SSSR count). The quantitative estimate of drug-likeness (QED) is 0.250. The van der Waals surface area contributed by atoms with Crippen LogP contribution >= 0.6 is 0 Å². The zero-order valence-corrected chi connectivity index (χ0v) is 16.6. The third kappa shape index (κ3) is 5.84. The Morgan fingerprint density at radius 2 is 1.32 bits per heavy atom. The summed E-state index contributed by atoms with van der Waals surface area (Å²) in [5.41, 5.74) is 0.606. The Labute approximate surface area is 166 Å². The van der Waals surface area contributed by atoms with Crippen LogP contribution in [0.25, 0.3) is 0 Å². The molecule has 0 atom stereocenters. The first kappa shape index (κ1) is 21.4. The molecule has 156 valence electrons. The number of rotatable bonds is 7. The van der Waals surface area contributed by atoms with Crippen LogP contribution < -0.4 is 0 Å². The van der Waals surface area contributed by atoms with Crippen LogP contribution in [0.1, 0.15) is 82.1 Å². The molecule has 0 amide bonds. The van der Waals surface area contributed by atoms with Crippen molar-refractivity contribution in [2.24, 2.45) is 17.8 Å². The molecule has 2 saturated carbocycles. The van der Waals surface area contributed by atoms with E-state index < -0.39 is 17.5 Å². The van der Waals surface area contributed by atoms with Gasteiger partial charge in [-0.3, -0.25) is 4.39 Å². The maximum atomic E-state index is 13.5. The van der Waals surface area contributed by atoms with Crippen LogP contribution in [0.15, 0.2) is 24.3 Å². The number of benzene rings is 1. The lowest BCUT2D eigenvalue weighted by molar-refractivity contribution is 0.245. The van der Waals surface area contributed by atoms with Gasteiger partial charge in [-0.2, -0.15) is 0 Å². The van der Waals surface area contributed by atoms with Crippen molar-refractivity contribution in [3.63, 3.8) is 0 Å². The molecule has 0 radical (unpaired) electrons. The van der Waals surface area contributed by atoms with E-state index in [2.05, 4.69) is 6.08 Å². The fourth-order valence-corrected chi connectivity index (χ4v) is 5.09. The Hall–Kier alpha value is -1.32. The molecule has 1 aromatic carbocycles. The van der Waals surface area contributed by atoms with E-state index in [9.17, 15) is 17.6 Å². The predicted octanol–water partition coefficient (Wildman–Crippen LogP) is 7.88. The van der Waals surface area contributed by atoms with Crippen LogP contribution in [0.2, 0.25) is 0 Å². The summed E-state index contributed by atoms with van der Waals surface area (Å²) < 4.78 is 52.3. The average Bonchev–Trinajstić information content (AvgIpc) is 2.71. The lowest BCUT2D eigenvalue weighted by Crippen LogP contribution is -2.17. The van der Waals surface area contributed by atoms with E-state index >= 15 is 0 Å². The summed E-state index contributed by atoms with van der Waals surface area (Å²) in [5.74, 6) is -1.23. The number of alkyl halides is 1. The topological polar surface area (TPSA) is 0 Å². The van der Waals surface area contributed by atoms with Crippen molar-refractivity contribution in [2.75, 3.05) is 6.67 Å². The van der Waals surface area contributed by atoms with E-state index in [1.165, 1.54) is 50.7 Å². The normalized spacial score (nSPS) is 28.7. The second-order valence-electron chi connectivity index (χ2n) is 8.78. The first-order valence-corrected chi connectivity index (χ1v) is 10.9. The Bertz CT molecular complexity index is 615. The van der Waals surface area contributed by atoms with Crippen LogP contribution in [0.5, 0.6) is 0 Å². The number of allylic oxidation sites excluding steroid dienone is 2. The van der Waals surface area contributed by atoms with Crippen molar-refractivity contribution in [1.29, 1.82) is 0 Å². The van der Waals surface area contributed by atoms with E-state index in [0.717, 1.165) is 31.6 Å². The van der Waals surface area contributed by atoms with Gasteiger partial charge in [-0.25, -0.2) is 13.2 Å². The van der Waals surface area contributed by atoms with Crippen molar-refractivity contribution < 1.29 is 17.6 Å². The van der Waals surface area contributed by atoms with E-state index in [4.69, 9.17) is 0 Å². The number of halogens is 4. The zero-order valence-electron chi connectivity index (χ0n) is 16.6. The maximum absolute atomic E-state index is 13.5. The molecule has 2 fully saturated rings. The lowest BCUT2D eigenvalue weighted by Gasteiger charge is -2.31. The SMILES string of the molecule is FCC/C=C/[C@H]1CC[C@H](CC[C@H]2CC[C@H](c3cc(F)c(F)c(F)c3)CC2)CC1. The fraction of sp³-hybridized carbons (Fsp3) is 0.667. The van der Waals surface area contributed by atoms with Gasteiger partial charge in [-0.15, -0.1) is 0 Å². The second kappa shape index (κ2) is 10.5. The van der Waals surface area contributed by atoms with E-state index in [1.807, 2.05) is 6.08 Å². The first-order chi connectivity index (χ1) is 13.6. The van der Waals surface area contributed by atoms with Gasteiger partial charge in [0.25, 0.3) is 0 Å². The van der Waals surface area contributed by atoms with Crippen molar-refractivity contribution in [3.8, 4) is 0 Å². The highest BCUT2D eigenvalue weighted by Gasteiger charge is 2.26.